The molecule has 0 aliphatic carbocycles. The number of nitrogens with two attached hydrogens (primary N) is 2. The number of nitrogens with zero attached hydrogens (tertiary/aromatic N) is 4. The van der Waals surface area contributed by atoms with E-state index in [9.17, 15) is 9.59 Å². The Balaban J connectivity index is 1.52. The zero-order chi connectivity index (χ0) is 29.6. The smallest absolute Gasteiger partial charge is 0.246 e. The minimum atomic E-state index is -0.414. The molecule has 1 atom stereocenters. The Bertz CT molecular complexity index is 1300. The molecule has 0 bridgehead atoms. The van der Waals surface area contributed by atoms with Crippen LogP contribution in [0.1, 0.15) is 50.2 Å². The first-order valence-corrected chi connectivity index (χ1v) is 14.0. The number of benzene rings is 1. The number of carbonyl (C=O) groups is 2. The first-order valence-electron chi connectivity index (χ1n) is 14.0. The van der Waals surface area contributed by atoms with Gasteiger partial charge in [0, 0.05) is 50.1 Å². The molecule has 1 aromatic carbocycles. The molecule has 2 amide bonds. The van der Waals surface area contributed by atoms with Crippen LogP contribution in [0.3, 0.4) is 0 Å². The Morgan fingerprint density at radius 2 is 2.12 bits per heavy atom. The molecule has 7 N–H and O–H groups in total. The summed E-state index contributed by atoms with van der Waals surface area (Å²) in [5, 5.41) is 15.0. The van der Waals surface area contributed by atoms with Crippen molar-refractivity contribution in [2.75, 3.05) is 56.6 Å². The maximum Gasteiger partial charge on any atom is 0.246 e. The van der Waals surface area contributed by atoms with Crippen LogP contribution in [0.5, 0.6) is 0 Å². The van der Waals surface area contributed by atoms with Crippen LogP contribution in [0.4, 0.5) is 23.1 Å². The fraction of sp³-hybridized carbons (Fsp3) is 0.433. The molecule has 3 rings (SSSR count). The molecule has 1 fully saturated rings. The number of anilines is 4. The average Bonchev–Trinajstić information content (AvgIpc) is 3.45. The van der Waals surface area contributed by atoms with Crippen LogP contribution < -0.4 is 27.1 Å². The molecule has 11 heteroatoms. The van der Waals surface area contributed by atoms with E-state index in [0.29, 0.717) is 61.9 Å². The number of likely N-dealkylation sites (tertiary alicyclic amines) is 1. The van der Waals surface area contributed by atoms with E-state index in [1.54, 1.807) is 23.2 Å². The van der Waals surface area contributed by atoms with Gasteiger partial charge in [-0.25, -0.2) is 4.98 Å². The van der Waals surface area contributed by atoms with E-state index in [1.165, 1.54) is 6.21 Å². The highest BCUT2D eigenvalue weighted by Gasteiger charge is 2.32. The zero-order valence-electron chi connectivity index (χ0n) is 24.2. The SMILES string of the molecule is CCCNc1nc(Nc2ccc(C=[NH2+])c(N)c2)ncc1C#CCCCNC(=O)C1CCCN1C(=O)C=CCN(C)C. The van der Waals surface area contributed by atoms with E-state index in [0.717, 1.165) is 30.6 Å². The number of rotatable bonds is 13. The Labute approximate surface area is 242 Å². The van der Waals surface area contributed by atoms with Crippen LogP contribution in [0.2, 0.25) is 0 Å². The summed E-state index contributed by atoms with van der Waals surface area (Å²) in [6.45, 7) is 4.60. The quantitative estimate of drug-likeness (QED) is 0.0804. The van der Waals surface area contributed by atoms with Crippen LogP contribution >= 0.6 is 0 Å². The topological polar surface area (TPSA) is 154 Å². The van der Waals surface area contributed by atoms with Gasteiger partial charge in [-0.15, -0.1) is 0 Å². The third kappa shape index (κ3) is 9.61. The summed E-state index contributed by atoms with van der Waals surface area (Å²) in [5.74, 6) is 7.16. The number of nitrogens with one attached hydrogen (secondary N) is 3. The van der Waals surface area contributed by atoms with E-state index in [2.05, 4.69) is 44.7 Å². The minimum Gasteiger partial charge on any atom is -0.398 e. The van der Waals surface area contributed by atoms with Crippen molar-refractivity contribution < 1.29 is 15.0 Å². The number of hydrogen-bond acceptors (Lipinski definition) is 8. The fourth-order valence-corrected chi connectivity index (χ4v) is 4.27. The van der Waals surface area contributed by atoms with Crippen molar-refractivity contribution in [1.29, 1.82) is 0 Å². The summed E-state index contributed by atoms with van der Waals surface area (Å²) in [6, 6.07) is 5.04. The molecule has 2 aromatic rings. The minimum absolute atomic E-state index is 0.107. The summed E-state index contributed by atoms with van der Waals surface area (Å²) in [5.41, 5.74) is 8.78. The molecule has 1 aliphatic rings. The number of likely N-dealkylation sites (N-methyl/N-ethyl adjacent to an activating group) is 1. The predicted octanol–water partition coefficient (Wildman–Crippen LogP) is 1.16. The number of unbranched alkanes of at least 4 members (excludes halogenated alkanes) is 1. The number of nitrogen functional groups attached to an aromatic ring is 1. The monoisotopic (exact) mass is 560 g/mol. The molecule has 2 heterocycles. The largest absolute Gasteiger partial charge is 0.398 e. The molecule has 218 valence electrons. The van der Waals surface area contributed by atoms with E-state index in [-0.39, 0.29) is 11.8 Å². The van der Waals surface area contributed by atoms with Gasteiger partial charge in [-0.1, -0.05) is 24.8 Å². The number of carbonyl (C=O) groups excluding carboxylic acids is 2. The van der Waals surface area contributed by atoms with Gasteiger partial charge in [-0.05, 0) is 58.0 Å². The van der Waals surface area contributed by atoms with Gasteiger partial charge < -0.3 is 31.5 Å². The number of amides is 2. The van der Waals surface area contributed by atoms with Crippen LogP contribution in [-0.2, 0) is 9.59 Å². The molecule has 11 nitrogen and oxygen atoms in total. The second-order valence-electron chi connectivity index (χ2n) is 10.1. The average molecular weight is 561 g/mol. The van der Waals surface area contributed by atoms with E-state index >= 15 is 0 Å². The third-order valence-electron chi connectivity index (χ3n) is 6.42. The van der Waals surface area contributed by atoms with Crippen molar-refractivity contribution in [2.24, 2.45) is 0 Å². The van der Waals surface area contributed by atoms with Gasteiger partial charge in [0.1, 0.15) is 11.9 Å². The molecule has 1 aliphatic heterocycles. The molecule has 1 saturated heterocycles. The van der Waals surface area contributed by atoms with E-state index in [1.807, 2.05) is 37.2 Å². The van der Waals surface area contributed by atoms with Crippen LogP contribution in [-0.4, -0.2) is 84.1 Å². The van der Waals surface area contributed by atoms with Crippen LogP contribution in [0, 0.1) is 11.8 Å². The van der Waals surface area contributed by atoms with Crippen molar-refractivity contribution in [3.8, 4) is 11.8 Å². The Hall–Kier alpha value is -4.43. The standard InChI is InChI=1S/C30H41N9O2/c1-4-15-33-28-23(21-35-30(37-28)36-24-14-13-22(20-31)25(32)19-24)10-6-5-7-16-34-29(41)26-11-8-18-39(26)27(40)12-9-17-38(2)3/h9,12-14,19-21,26,31H,4-5,7-8,11,15-18,32H2,1-3H3,(H,34,41)(H2,33,35,36,37)/p+1. The van der Waals surface area contributed by atoms with Gasteiger partial charge in [0.2, 0.25) is 17.8 Å². The van der Waals surface area contributed by atoms with Gasteiger partial charge in [0.15, 0.2) is 6.21 Å². The van der Waals surface area contributed by atoms with Gasteiger partial charge in [0.05, 0.1) is 17.3 Å². The molecule has 0 radical (unpaired) electrons. The molecular formula is C30H42N9O2+. The number of aromatic nitrogens is 2. The summed E-state index contributed by atoms with van der Waals surface area (Å²) in [6.07, 6.45) is 10.3. The highest BCUT2D eigenvalue weighted by molar-refractivity contribution is 5.93. The Morgan fingerprint density at radius 3 is 2.85 bits per heavy atom. The lowest BCUT2D eigenvalue weighted by Crippen LogP contribution is -2.45. The van der Waals surface area contributed by atoms with Gasteiger partial charge in [-0.3, -0.25) is 15.0 Å². The highest BCUT2D eigenvalue weighted by Crippen LogP contribution is 2.21. The molecule has 0 spiro atoms. The molecule has 0 saturated carbocycles. The van der Waals surface area contributed by atoms with Crippen molar-refractivity contribution in [2.45, 2.75) is 45.1 Å². The maximum atomic E-state index is 12.7. The van der Waals surface area contributed by atoms with Gasteiger partial charge >= 0.3 is 0 Å². The molecule has 41 heavy (non-hydrogen) atoms. The summed E-state index contributed by atoms with van der Waals surface area (Å²) >= 11 is 0. The Morgan fingerprint density at radius 1 is 1.29 bits per heavy atom. The lowest BCUT2D eigenvalue weighted by atomic mass is 10.2. The highest BCUT2D eigenvalue weighted by atomic mass is 16.2. The Kier molecular flexibility index (Phi) is 12.1. The van der Waals surface area contributed by atoms with Crippen molar-refractivity contribution in [3.63, 3.8) is 0 Å². The van der Waals surface area contributed by atoms with Crippen molar-refractivity contribution in [1.82, 2.24) is 25.1 Å². The van der Waals surface area contributed by atoms with Crippen LogP contribution in [0.25, 0.3) is 0 Å². The maximum absolute atomic E-state index is 12.7. The summed E-state index contributed by atoms with van der Waals surface area (Å²) in [7, 11) is 3.88. The zero-order valence-corrected chi connectivity index (χ0v) is 24.2. The fourth-order valence-electron chi connectivity index (χ4n) is 4.27. The lowest BCUT2D eigenvalue weighted by molar-refractivity contribution is -0.135. The van der Waals surface area contributed by atoms with Gasteiger partial charge in [-0.2, -0.15) is 4.98 Å². The van der Waals surface area contributed by atoms with E-state index in [4.69, 9.17) is 11.1 Å². The summed E-state index contributed by atoms with van der Waals surface area (Å²) < 4.78 is 0. The lowest BCUT2D eigenvalue weighted by Gasteiger charge is -2.22. The molecule has 1 aromatic heterocycles. The van der Waals surface area contributed by atoms with Crippen molar-refractivity contribution in [3.05, 3.63) is 47.7 Å². The van der Waals surface area contributed by atoms with Crippen molar-refractivity contribution >= 4 is 41.2 Å². The predicted molar refractivity (Wildman–Crippen MR) is 164 cm³/mol. The van der Waals surface area contributed by atoms with E-state index < -0.39 is 6.04 Å². The second-order valence-corrected chi connectivity index (χ2v) is 10.1. The second kappa shape index (κ2) is 16.0. The normalized spacial score (nSPS) is 14.5. The van der Waals surface area contributed by atoms with Crippen LogP contribution in [0.15, 0.2) is 36.5 Å². The number of hydrogen-bond donors (Lipinski definition) is 5. The van der Waals surface area contributed by atoms with Gasteiger partial charge in [0.25, 0.3) is 0 Å². The summed E-state index contributed by atoms with van der Waals surface area (Å²) in [4.78, 5) is 37.9. The first-order chi connectivity index (χ1) is 19.8. The molecular weight excluding hydrogens is 518 g/mol. The first kappa shape index (κ1) is 31.1. The third-order valence-corrected chi connectivity index (χ3v) is 6.42. The molecule has 1 unspecified atom stereocenters.